The maximum Gasteiger partial charge on any atom is 0.172 e. The standard InChI is InChI=1S/C11H18OP/c1-10(2)12-13(3,4)11-8-6-5-7-9-11/h5-10H,1-4H3/q+1. The lowest BCUT2D eigenvalue weighted by Crippen LogP contribution is -2.14. The van der Waals surface area contributed by atoms with Gasteiger partial charge in [0.15, 0.2) is 7.49 Å². The van der Waals surface area contributed by atoms with Crippen molar-refractivity contribution in [3.8, 4) is 0 Å². The largest absolute Gasteiger partial charge is 0.231 e. The average Bonchev–Trinajstić information content (AvgIpc) is 2.04. The molecule has 1 rings (SSSR count). The van der Waals surface area contributed by atoms with Crippen molar-refractivity contribution >= 4 is 12.8 Å². The highest BCUT2D eigenvalue weighted by molar-refractivity contribution is 7.77. The lowest BCUT2D eigenvalue weighted by molar-refractivity contribution is 0.268. The normalized spacial score (nSPS) is 12.1. The van der Waals surface area contributed by atoms with Crippen LogP contribution in [0.5, 0.6) is 0 Å². The van der Waals surface area contributed by atoms with E-state index >= 15 is 0 Å². The Balaban J connectivity index is 2.81. The summed E-state index contributed by atoms with van der Waals surface area (Å²) in [6.45, 7) is 8.60. The minimum Gasteiger partial charge on any atom is -0.231 e. The molecule has 0 unspecified atom stereocenters. The van der Waals surface area contributed by atoms with Crippen LogP contribution in [-0.2, 0) is 4.52 Å². The molecule has 13 heavy (non-hydrogen) atoms. The molecule has 0 bridgehead atoms. The maximum atomic E-state index is 5.93. The summed E-state index contributed by atoms with van der Waals surface area (Å²) in [5, 5.41) is 1.34. The summed E-state index contributed by atoms with van der Waals surface area (Å²) in [6, 6.07) is 10.5. The maximum absolute atomic E-state index is 5.93. The van der Waals surface area contributed by atoms with Crippen LogP contribution < -0.4 is 5.30 Å². The second-order valence-corrected chi connectivity index (χ2v) is 7.27. The Morgan fingerprint density at radius 1 is 1.08 bits per heavy atom. The van der Waals surface area contributed by atoms with Crippen LogP contribution in [-0.4, -0.2) is 19.4 Å². The van der Waals surface area contributed by atoms with E-state index in [0.717, 1.165) is 0 Å². The second kappa shape index (κ2) is 4.21. The molecule has 0 atom stereocenters. The van der Waals surface area contributed by atoms with Gasteiger partial charge in [0.05, 0.1) is 19.4 Å². The molecule has 1 aromatic rings. The van der Waals surface area contributed by atoms with Crippen molar-refractivity contribution in [2.24, 2.45) is 0 Å². The number of hydrogen-bond acceptors (Lipinski definition) is 1. The summed E-state index contributed by atoms with van der Waals surface area (Å²) in [4.78, 5) is 0. The van der Waals surface area contributed by atoms with Crippen molar-refractivity contribution in [1.82, 2.24) is 0 Å². The predicted molar refractivity (Wildman–Crippen MR) is 61.1 cm³/mol. The Morgan fingerprint density at radius 2 is 1.62 bits per heavy atom. The number of rotatable bonds is 3. The Hall–Kier alpha value is -0.390. The monoisotopic (exact) mass is 197 g/mol. The quantitative estimate of drug-likeness (QED) is 0.677. The smallest absolute Gasteiger partial charge is 0.172 e. The highest BCUT2D eigenvalue weighted by Crippen LogP contribution is 2.51. The van der Waals surface area contributed by atoms with Crippen molar-refractivity contribution < 1.29 is 4.52 Å². The SMILES string of the molecule is CC(C)O[P+](C)(C)c1ccccc1. The van der Waals surface area contributed by atoms with E-state index in [0.29, 0.717) is 6.10 Å². The predicted octanol–water partition coefficient (Wildman–Crippen LogP) is 2.93. The Bertz CT molecular complexity index is 254. The molecule has 0 radical (unpaired) electrons. The third-order valence-electron chi connectivity index (χ3n) is 1.85. The third kappa shape index (κ3) is 3.10. The van der Waals surface area contributed by atoms with Crippen LogP contribution in [0.25, 0.3) is 0 Å². The molecule has 0 aliphatic heterocycles. The molecule has 0 N–H and O–H groups in total. The summed E-state index contributed by atoms with van der Waals surface area (Å²) >= 11 is 0. The zero-order valence-electron chi connectivity index (χ0n) is 8.82. The van der Waals surface area contributed by atoms with E-state index in [1.807, 2.05) is 6.07 Å². The molecule has 0 aromatic heterocycles. The van der Waals surface area contributed by atoms with Gasteiger partial charge < -0.3 is 0 Å². The highest BCUT2D eigenvalue weighted by atomic mass is 31.2. The number of benzene rings is 1. The van der Waals surface area contributed by atoms with E-state index in [1.54, 1.807) is 0 Å². The molecule has 0 spiro atoms. The fraction of sp³-hybridized carbons (Fsp3) is 0.455. The van der Waals surface area contributed by atoms with Crippen LogP contribution in [0.15, 0.2) is 30.3 Å². The first kappa shape index (κ1) is 10.7. The van der Waals surface area contributed by atoms with Crippen LogP contribution in [0.2, 0.25) is 0 Å². The molecule has 0 aliphatic carbocycles. The fourth-order valence-corrected chi connectivity index (χ4v) is 3.44. The lowest BCUT2D eigenvalue weighted by atomic mass is 10.4. The van der Waals surface area contributed by atoms with Crippen molar-refractivity contribution in [2.75, 3.05) is 13.3 Å². The first-order valence-electron chi connectivity index (χ1n) is 4.60. The van der Waals surface area contributed by atoms with Crippen molar-refractivity contribution in [2.45, 2.75) is 20.0 Å². The Morgan fingerprint density at radius 3 is 2.08 bits per heavy atom. The van der Waals surface area contributed by atoms with Gasteiger partial charge in [-0.25, -0.2) is 4.52 Å². The molecule has 0 amide bonds. The second-order valence-electron chi connectivity index (χ2n) is 3.84. The van der Waals surface area contributed by atoms with Crippen LogP contribution in [0.3, 0.4) is 0 Å². The van der Waals surface area contributed by atoms with Crippen LogP contribution >= 0.6 is 7.49 Å². The zero-order chi connectivity index (χ0) is 9.90. The third-order valence-corrected chi connectivity index (χ3v) is 4.34. The molecule has 1 aromatic carbocycles. The van der Waals surface area contributed by atoms with Gasteiger partial charge in [-0.3, -0.25) is 0 Å². The van der Waals surface area contributed by atoms with Gasteiger partial charge in [0, 0.05) is 0 Å². The Labute approximate surface area is 81.5 Å². The first-order valence-corrected chi connectivity index (χ1v) is 7.20. The molecule has 2 heteroatoms. The van der Waals surface area contributed by atoms with Gasteiger partial charge in [-0.2, -0.15) is 0 Å². The summed E-state index contributed by atoms with van der Waals surface area (Å²) in [5.41, 5.74) is 0. The molecule has 0 heterocycles. The van der Waals surface area contributed by atoms with Crippen LogP contribution in [0, 0.1) is 0 Å². The number of hydrogen-bond donors (Lipinski definition) is 0. The molecule has 0 aliphatic rings. The van der Waals surface area contributed by atoms with E-state index in [2.05, 4.69) is 51.4 Å². The van der Waals surface area contributed by atoms with Crippen molar-refractivity contribution in [3.63, 3.8) is 0 Å². The van der Waals surface area contributed by atoms with Crippen molar-refractivity contribution in [1.29, 1.82) is 0 Å². The van der Waals surface area contributed by atoms with E-state index in [9.17, 15) is 0 Å². The molecule has 0 fully saturated rings. The van der Waals surface area contributed by atoms with Crippen molar-refractivity contribution in [3.05, 3.63) is 30.3 Å². The first-order chi connectivity index (χ1) is 6.02. The van der Waals surface area contributed by atoms with Crippen LogP contribution in [0.4, 0.5) is 0 Å². The van der Waals surface area contributed by atoms with Gasteiger partial charge in [0.2, 0.25) is 0 Å². The fourth-order valence-electron chi connectivity index (χ4n) is 1.37. The van der Waals surface area contributed by atoms with Gasteiger partial charge in [-0.15, -0.1) is 0 Å². The molecular weight excluding hydrogens is 179 g/mol. The summed E-state index contributed by atoms with van der Waals surface area (Å²) in [7, 11) is -1.35. The molecule has 0 saturated heterocycles. The molecule has 1 nitrogen and oxygen atoms in total. The average molecular weight is 197 g/mol. The summed E-state index contributed by atoms with van der Waals surface area (Å²) in [5.74, 6) is 0. The van der Waals surface area contributed by atoms with E-state index in [4.69, 9.17) is 4.52 Å². The highest BCUT2D eigenvalue weighted by Gasteiger charge is 2.31. The Kier molecular flexibility index (Phi) is 3.47. The summed E-state index contributed by atoms with van der Waals surface area (Å²) < 4.78 is 5.93. The van der Waals surface area contributed by atoms with Crippen LogP contribution in [0.1, 0.15) is 13.8 Å². The van der Waals surface area contributed by atoms with E-state index in [-0.39, 0.29) is 0 Å². The molecule has 72 valence electrons. The van der Waals surface area contributed by atoms with E-state index in [1.165, 1.54) is 5.30 Å². The molecular formula is C11H18OP+. The van der Waals surface area contributed by atoms with Gasteiger partial charge in [0.25, 0.3) is 0 Å². The minimum atomic E-state index is -1.35. The van der Waals surface area contributed by atoms with Gasteiger partial charge in [-0.1, -0.05) is 18.2 Å². The molecule has 0 saturated carbocycles. The van der Waals surface area contributed by atoms with Gasteiger partial charge >= 0.3 is 0 Å². The van der Waals surface area contributed by atoms with Gasteiger partial charge in [-0.05, 0) is 26.0 Å². The summed E-state index contributed by atoms with van der Waals surface area (Å²) in [6.07, 6.45) is 0.309. The minimum absolute atomic E-state index is 0.309. The lowest BCUT2D eigenvalue weighted by Gasteiger charge is -2.18. The van der Waals surface area contributed by atoms with E-state index < -0.39 is 7.49 Å². The van der Waals surface area contributed by atoms with Gasteiger partial charge in [0.1, 0.15) is 5.30 Å². The zero-order valence-corrected chi connectivity index (χ0v) is 9.71. The topological polar surface area (TPSA) is 9.23 Å².